The highest BCUT2D eigenvalue weighted by molar-refractivity contribution is 7.60. The quantitative estimate of drug-likeness (QED) is 0.222. The van der Waals surface area contributed by atoms with Gasteiger partial charge in [0.15, 0.2) is 0 Å². The fraction of sp³-hybridized carbons (Fsp3) is 1.00. The van der Waals surface area contributed by atoms with Gasteiger partial charge in [0.05, 0.1) is 0 Å². The van der Waals surface area contributed by atoms with Crippen molar-refractivity contribution < 1.29 is 0 Å². The SMILES string of the molecule is CCCCCCCP(C)CCP(C)CCCCCCC. The first-order valence-electron chi connectivity index (χ1n) is 9.07. The Labute approximate surface area is 132 Å². The van der Waals surface area contributed by atoms with Gasteiger partial charge < -0.3 is 0 Å². The minimum Gasteiger partial charge on any atom is -0.110 e. The second kappa shape index (κ2) is 16.2. The van der Waals surface area contributed by atoms with Crippen LogP contribution in [0.5, 0.6) is 0 Å². The lowest BCUT2D eigenvalue weighted by atomic mass is 10.2. The van der Waals surface area contributed by atoms with Crippen LogP contribution in [0.15, 0.2) is 0 Å². The maximum atomic E-state index is 2.54. The maximum Gasteiger partial charge on any atom is -0.0289 e. The van der Waals surface area contributed by atoms with Gasteiger partial charge in [0, 0.05) is 0 Å². The van der Waals surface area contributed by atoms with Crippen molar-refractivity contribution in [2.45, 2.75) is 78.1 Å². The molecule has 0 radical (unpaired) electrons. The van der Waals surface area contributed by atoms with E-state index < -0.39 is 0 Å². The van der Waals surface area contributed by atoms with E-state index in [0.29, 0.717) is 15.8 Å². The van der Waals surface area contributed by atoms with Gasteiger partial charge >= 0.3 is 0 Å². The number of rotatable bonds is 15. The molecular weight excluding hydrogens is 278 g/mol. The highest BCUT2D eigenvalue weighted by Crippen LogP contribution is 2.39. The van der Waals surface area contributed by atoms with Crippen molar-refractivity contribution >= 4 is 15.8 Å². The van der Waals surface area contributed by atoms with Gasteiger partial charge in [-0.1, -0.05) is 65.2 Å². The zero-order valence-electron chi connectivity index (χ0n) is 14.8. The summed E-state index contributed by atoms with van der Waals surface area (Å²) in [4.78, 5) is 0. The summed E-state index contributed by atoms with van der Waals surface area (Å²) in [5, 5.41) is 0. The molecule has 0 rings (SSSR count). The lowest BCUT2D eigenvalue weighted by molar-refractivity contribution is 0.658. The van der Waals surface area contributed by atoms with Crippen LogP contribution in [0, 0.1) is 0 Å². The molecule has 20 heavy (non-hydrogen) atoms. The molecule has 0 saturated carbocycles. The molecule has 2 unspecified atom stereocenters. The number of hydrogen-bond donors (Lipinski definition) is 0. The Hall–Kier alpha value is 0.860. The molecular formula is C18H40P2. The van der Waals surface area contributed by atoms with Crippen LogP contribution in [0.4, 0.5) is 0 Å². The third-order valence-corrected chi connectivity index (χ3v) is 8.64. The lowest BCUT2D eigenvalue weighted by Crippen LogP contribution is -1.97. The Morgan fingerprint density at radius 1 is 0.450 bits per heavy atom. The Kier molecular flexibility index (Phi) is 16.9. The van der Waals surface area contributed by atoms with Crippen LogP contribution in [0.25, 0.3) is 0 Å². The lowest BCUT2D eigenvalue weighted by Gasteiger charge is -2.16. The molecule has 0 aromatic carbocycles. The summed E-state index contributed by atoms with van der Waals surface area (Å²) in [5.74, 6) is 0. The summed E-state index contributed by atoms with van der Waals surface area (Å²) in [5.41, 5.74) is 0. The van der Waals surface area contributed by atoms with Crippen LogP contribution in [-0.2, 0) is 0 Å². The van der Waals surface area contributed by atoms with E-state index in [1.165, 1.54) is 64.2 Å². The fourth-order valence-electron chi connectivity index (χ4n) is 2.54. The summed E-state index contributed by atoms with van der Waals surface area (Å²) in [7, 11) is 0.716. The molecule has 0 bridgehead atoms. The molecule has 0 N–H and O–H groups in total. The molecule has 0 aliphatic carbocycles. The molecule has 2 heteroatoms. The van der Waals surface area contributed by atoms with Crippen molar-refractivity contribution in [2.24, 2.45) is 0 Å². The van der Waals surface area contributed by atoms with Gasteiger partial charge in [0.25, 0.3) is 0 Å². The van der Waals surface area contributed by atoms with Crippen molar-refractivity contribution in [3.05, 3.63) is 0 Å². The van der Waals surface area contributed by atoms with Gasteiger partial charge in [-0.05, 0) is 50.8 Å². The normalized spacial score (nSPS) is 14.4. The van der Waals surface area contributed by atoms with Crippen molar-refractivity contribution in [1.82, 2.24) is 0 Å². The molecule has 2 atom stereocenters. The van der Waals surface area contributed by atoms with E-state index in [1.54, 1.807) is 24.6 Å². The smallest absolute Gasteiger partial charge is 0.0289 e. The van der Waals surface area contributed by atoms with E-state index >= 15 is 0 Å². The molecule has 0 aliphatic rings. The Morgan fingerprint density at radius 3 is 1.15 bits per heavy atom. The van der Waals surface area contributed by atoms with Crippen molar-refractivity contribution in [2.75, 3.05) is 38.0 Å². The summed E-state index contributed by atoms with van der Waals surface area (Å²) < 4.78 is 0. The molecule has 0 spiro atoms. The first-order valence-corrected chi connectivity index (χ1v) is 13.4. The zero-order chi connectivity index (χ0) is 15.1. The van der Waals surface area contributed by atoms with Gasteiger partial charge in [0.1, 0.15) is 0 Å². The predicted molar refractivity (Wildman–Crippen MR) is 103 cm³/mol. The summed E-state index contributed by atoms with van der Waals surface area (Å²) >= 11 is 0. The summed E-state index contributed by atoms with van der Waals surface area (Å²) in [6.45, 7) is 9.69. The molecule has 0 amide bonds. The second-order valence-electron chi connectivity index (χ2n) is 6.43. The van der Waals surface area contributed by atoms with Gasteiger partial charge in [-0.15, -0.1) is 15.8 Å². The molecule has 0 aliphatic heterocycles. The van der Waals surface area contributed by atoms with E-state index in [4.69, 9.17) is 0 Å². The standard InChI is InChI=1S/C18H40P2/c1-5-7-9-11-13-15-19(3)17-18-20(4)16-14-12-10-8-6-2/h5-18H2,1-4H3. The largest absolute Gasteiger partial charge is 0.110 e. The van der Waals surface area contributed by atoms with Crippen LogP contribution >= 0.6 is 15.8 Å². The molecule has 0 aromatic heterocycles. The van der Waals surface area contributed by atoms with Crippen LogP contribution in [0.1, 0.15) is 78.1 Å². The Bertz CT molecular complexity index is 162. The summed E-state index contributed by atoms with van der Waals surface area (Å²) in [6, 6.07) is 0. The number of unbranched alkanes of at least 4 members (excludes halogenated alkanes) is 8. The molecule has 0 fully saturated rings. The van der Waals surface area contributed by atoms with Gasteiger partial charge in [-0.2, -0.15) is 0 Å². The van der Waals surface area contributed by atoms with Gasteiger partial charge in [-0.3, -0.25) is 0 Å². The zero-order valence-corrected chi connectivity index (χ0v) is 16.6. The van der Waals surface area contributed by atoms with E-state index in [2.05, 4.69) is 27.2 Å². The Morgan fingerprint density at radius 2 is 0.800 bits per heavy atom. The molecule has 0 nitrogen and oxygen atoms in total. The van der Waals surface area contributed by atoms with Crippen LogP contribution in [0.3, 0.4) is 0 Å². The van der Waals surface area contributed by atoms with Crippen LogP contribution in [-0.4, -0.2) is 38.0 Å². The molecule has 0 heterocycles. The van der Waals surface area contributed by atoms with E-state index in [9.17, 15) is 0 Å². The minimum absolute atomic E-state index is 0.358. The maximum absolute atomic E-state index is 2.54. The second-order valence-corrected chi connectivity index (χ2v) is 11.6. The average Bonchev–Trinajstić information content (AvgIpc) is 2.44. The van der Waals surface area contributed by atoms with Gasteiger partial charge in [-0.25, -0.2) is 0 Å². The van der Waals surface area contributed by atoms with Gasteiger partial charge in [0.2, 0.25) is 0 Å². The first-order chi connectivity index (χ1) is 9.70. The topological polar surface area (TPSA) is 0 Å². The average molecular weight is 318 g/mol. The summed E-state index contributed by atoms with van der Waals surface area (Å²) in [6.07, 6.45) is 20.7. The van der Waals surface area contributed by atoms with Crippen LogP contribution in [0.2, 0.25) is 0 Å². The van der Waals surface area contributed by atoms with Crippen molar-refractivity contribution in [1.29, 1.82) is 0 Å². The molecule has 122 valence electrons. The highest BCUT2D eigenvalue weighted by Gasteiger charge is 2.05. The Balaban J connectivity index is 3.32. The predicted octanol–water partition coefficient (Wildman–Crippen LogP) is 7.15. The van der Waals surface area contributed by atoms with Crippen molar-refractivity contribution in [3.63, 3.8) is 0 Å². The number of hydrogen-bond acceptors (Lipinski definition) is 0. The van der Waals surface area contributed by atoms with E-state index in [-0.39, 0.29) is 0 Å². The highest BCUT2D eigenvalue weighted by atomic mass is 31.1. The van der Waals surface area contributed by atoms with Crippen molar-refractivity contribution in [3.8, 4) is 0 Å². The fourth-order valence-corrected chi connectivity index (χ4v) is 7.24. The minimum atomic E-state index is 0.358. The molecule has 0 saturated heterocycles. The van der Waals surface area contributed by atoms with E-state index in [1.807, 2.05) is 0 Å². The van der Waals surface area contributed by atoms with E-state index in [0.717, 1.165) is 0 Å². The monoisotopic (exact) mass is 318 g/mol. The molecule has 0 aromatic rings. The first kappa shape index (κ1) is 20.9. The third kappa shape index (κ3) is 15.3. The van der Waals surface area contributed by atoms with Crippen LogP contribution < -0.4 is 0 Å². The third-order valence-electron chi connectivity index (χ3n) is 4.15.